The third-order valence-corrected chi connectivity index (χ3v) is 6.26. The molecule has 112 valence electrons. The highest BCUT2D eigenvalue weighted by atomic mass is 33.1. The van der Waals surface area contributed by atoms with Crippen LogP contribution in [0.5, 0.6) is 5.75 Å². The van der Waals surface area contributed by atoms with Gasteiger partial charge in [-0.15, -0.1) is 9.52 Å². The number of rotatable bonds is 9. The van der Waals surface area contributed by atoms with Crippen molar-refractivity contribution in [2.45, 2.75) is 0 Å². The van der Waals surface area contributed by atoms with Crippen LogP contribution >= 0.6 is 20.3 Å². The molecule has 0 aliphatic heterocycles. The van der Waals surface area contributed by atoms with E-state index in [1.807, 2.05) is 18.2 Å². The molecule has 0 fully saturated rings. The average Bonchev–Trinajstić information content (AvgIpc) is 2.44. The molecule has 0 saturated heterocycles. The third kappa shape index (κ3) is 6.42. The summed E-state index contributed by atoms with van der Waals surface area (Å²) in [6, 6.07) is 7.41. The van der Waals surface area contributed by atoms with Gasteiger partial charge < -0.3 is 21.3 Å². The molecule has 5 N–H and O–H groups in total. The molecule has 0 radical (unpaired) electrons. The zero-order chi connectivity index (χ0) is 14.8. The Labute approximate surface area is 125 Å². The molecular formula is C13H20N2O3S2. The summed E-state index contributed by atoms with van der Waals surface area (Å²) < 4.78 is 5.29. The molecule has 0 bridgehead atoms. The van der Waals surface area contributed by atoms with E-state index in [1.165, 1.54) is 0 Å². The van der Waals surface area contributed by atoms with Crippen LogP contribution < -0.4 is 16.2 Å². The van der Waals surface area contributed by atoms with E-state index in [-0.39, 0.29) is 16.1 Å². The highest BCUT2D eigenvalue weighted by Crippen LogP contribution is 2.31. The van der Waals surface area contributed by atoms with Crippen molar-refractivity contribution in [1.29, 1.82) is 0 Å². The number of carboxylic acid groups (broad SMARTS) is 1. The zero-order valence-corrected chi connectivity index (χ0v) is 12.8. The molecule has 1 aromatic rings. The lowest BCUT2D eigenvalue weighted by molar-refractivity contribution is -0.139. The summed E-state index contributed by atoms with van der Waals surface area (Å²) in [4.78, 5) is 10.6. The maximum Gasteiger partial charge on any atom is 0.341 e. The fourth-order valence-electron chi connectivity index (χ4n) is 1.41. The van der Waals surface area contributed by atoms with Gasteiger partial charge in [0.25, 0.3) is 0 Å². The molecule has 5 nitrogen and oxygen atoms in total. The first-order valence-corrected chi connectivity index (χ1v) is 9.15. The van der Waals surface area contributed by atoms with E-state index in [9.17, 15) is 4.79 Å². The molecule has 0 aliphatic carbocycles. The fourth-order valence-corrected chi connectivity index (χ4v) is 4.83. The van der Waals surface area contributed by atoms with Gasteiger partial charge in [-0.2, -0.15) is 0 Å². The van der Waals surface area contributed by atoms with Crippen molar-refractivity contribution in [2.75, 3.05) is 31.2 Å². The first kappa shape index (κ1) is 17.0. The number of carbonyl (C=O) groups is 1. The average molecular weight is 316 g/mol. The van der Waals surface area contributed by atoms with Gasteiger partial charge in [0.05, 0.1) is 0 Å². The molecule has 0 saturated carbocycles. The number of ether oxygens (including phenoxy) is 1. The zero-order valence-electron chi connectivity index (χ0n) is 11.2. The highest BCUT2D eigenvalue weighted by Gasteiger charge is 2.05. The summed E-state index contributed by atoms with van der Waals surface area (Å²) >= 11 is 0. The molecule has 0 amide bonds. The Hall–Kier alpha value is -1.02. The molecular weight excluding hydrogens is 296 g/mol. The normalized spacial score (nSPS) is 12.3. The largest absolute Gasteiger partial charge is 0.481 e. The van der Waals surface area contributed by atoms with E-state index in [1.54, 1.807) is 16.9 Å². The van der Waals surface area contributed by atoms with E-state index in [0.29, 0.717) is 18.8 Å². The Morgan fingerprint density at radius 3 is 2.75 bits per heavy atom. The van der Waals surface area contributed by atoms with Gasteiger partial charge in [-0.3, -0.25) is 0 Å². The highest BCUT2D eigenvalue weighted by molar-refractivity contribution is 8.83. The van der Waals surface area contributed by atoms with Crippen molar-refractivity contribution in [3.63, 3.8) is 0 Å². The van der Waals surface area contributed by atoms with Crippen LogP contribution in [0.2, 0.25) is 0 Å². The first-order valence-electron chi connectivity index (χ1n) is 6.19. The molecule has 1 unspecified atom stereocenters. The SMILES string of the molecule is NCCSS(=Cc1ccccc1OCC(=O)O)CCN. The number of nitrogens with two attached hydrogens (primary N) is 2. The van der Waals surface area contributed by atoms with Gasteiger partial charge in [-0.25, -0.2) is 4.79 Å². The number of hydrogen-bond acceptors (Lipinski definition) is 5. The summed E-state index contributed by atoms with van der Waals surface area (Å²) in [6.45, 7) is 0.893. The van der Waals surface area contributed by atoms with Gasteiger partial charge in [0.2, 0.25) is 0 Å². The van der Waals surface area contributed by atoms with Gasteiger partial charge >= 0.3 is 5.97 Å². The minimum atomic E-state index is -0.988. The van der Waals surface area contributed by atoms with Crippen LogP contribution in [0.1, 0.15) is 5.56 Å². The van der Waals surface area contributed by atoms with Crippen molar-refractivity contribution >= 4 is 31.6 Å². The topological polar surface area (TPSA) is 98.6 Å². The number of aliphatic carboxylic acids is 1. The van der Waals surface area contributed by atoms with Crippen LogP contribution in [0.15, 0.2) is 24.3 Å². The van der Waals surface area contributed by atoms with E-state index >= 15 is 0 Å². The summed E-state index contributed by atoms with van der Waals surface area (Å²) in [7, 11) is 1.73. The predicted octanol–water partition coefficient (Wildman–Crippen LogP) is 1.13. The van der Waals surface area contributed by atoms with E-state index < -0.39 is 5.97 Å². The molecule has 1 aromatic carbocycles. The maximum atomic E-state index is 10.6. The number of para-hydroxylation sites is 1. The minimum Gasteiger partial charge on any atom is -0.481 e. The van der Waals surface area contributed by atoms with Crippen LogP contribution in [-0.4, -0.2) is 47.6 Å². The number of carboxylic acids is 1. The van der Waals surface area contributed by atoms with Crippen LogP contribution in [-0.2, 0) is 4.79 Å². The van der Waals surface area contributed by atoms with Crippen LogP contribution in [0.25, 0.3) is 0 Å². The molecule has 1 rings (SSSR count). The lowest BCUT2D eigenvalue weighted by Crippen LogP contribution is -2.10. The maximum absolute atomic E-state index is 10.6. The van der Waals surface area contributed by atoms with Crippen molar-refractivity contribution in [1.82, 2.24) is 0 Å². The van der Waals surface area contributed by atoms with Gasteiger partial charge in [-0.05, 0) is 11.4 Å². The van der Waals surface area contributed by atoms with Gasteiger partial charge in [0.15, 0.2) is 6.61 Å². The van der Waals surface area contributed by atoms with E-state index in [0.717, 1.165) is 17.1 Å². The van der Waals surface area contributed by atoms with Gasteiger partial charge in [-0.1, -0.05) is 29.0 Å². The molecule has 0 heterocycles. The summed E-state index contributed by atoms with van der Waals surface area (Å²) in [6.07, 6.45) is 0. The molecule has 7 heteroatoms. The van der Waals surface area contributed by atoms with Crippen molar-refractivity contribution in [3.05, 3.63) is 29.8 Å². The fraction of sp³-hybridized carbons (Fsp3) is 0.385. The summed E-state index contributed by atoms with van der Waals surface area (Å²) in [5.41, 5.74) is 12.0. The molecule has 20 heavy (non-hydrogen) atoms. The first-order chi connectivity index (χ1) is 9.67. The molecule has 0 aromatic heterocycles. The standard InChI is InChI=1S/C13H20N2O3S2/c14-5-7-19-20(8-6-15)10-11-3-1-2-4-12(11)18-9-13(16)17/h1-4,10H,5-9,14-15H2,(H,16,17). The van der Waals surface area contributed by atoms with Crippen LogP contribution in [0.4, 0.5) is 0 Å². The Bertz CT molecular complexity index is 467. The smallest absolute Gasteiger partial charge is 0.341 e. The quantitative estimate of drug-likeness (QED) is 0.467. The van der Waals surface area contributed by atoms with Crippen molar-refractivity contribution in [3.8, 4) is 5.75 Å². The monoisotopic (exact) mass is 316 g/mol. The Morgan fingerprint density at radius 1 is 1.35 bits per heavy atom. The van der Waals surface area contributed by atoms with Gasteiger partial charge in [0, 0.05) is 30.2 Å². The second-order valence-corrected chi connectivity index (χ2v) is 7.86. The predicted molar refractivity (Wildman–Crippen MR) is 87.8 cm³/mol. The number of hydrogen-bond donors (Lipinski definition) is 3. The lowest BCUT2D eigenvalue weighted by atomic mass is 10.2. The van der Waals surface area contributed by atoms with Crippen molar-refractivity contribution in [2.24, 2.45) is 11.5 Å². The Balaban J connectivity index is 2.88. The molecule has 0 spiro atoms. The van der Waals surface area contributed by atoms with Gasteiger partial charge in [0.1, 0.15) is 5.75 Å². The Morgan fingerprint density at radius 2 is 2.10 bits per heavy atom. The Kier molecular flexibility index (Phi) is 8.36. The minimum absolute atomic E-state index is 0.0407. The van der Waals surface area contributed by atoms with Crippen LogP contribution in [0.3, 0.4) is 0 Å². The number of benzene rings is 1. The third-order valence-electron chi connectivity index (χ3n) is 2.20. The van der Waals surface area contributed by atoms with E-state index in [4.69, 9.17) is 21.3 Å². The lowest BCUT2D eigenvalue weighted by Gasteiger charge is -2.10. The summed E-state index contributed by atoms with van der Waals surface area (Å²) in [5, 5.41) is 10.8. The van der Waals surface area contributed by atoms with Crippen molar-refractivity contribution < 1.29 is 14.6 Å². The molecule has 1 atom stereocenters. The second-order valence-electron chi connectivity index (χ2n) is 3.82. The summed E-state index contributed by atoms with van der Waals surface area (Å²) in [5.74, 6) is 1.34. The molecule has 0 aliphatic rings. The van der Waals surface area contributed by atoms with Crippen LogP contribution in [0, 0.1) is 0 Å². The second kappa shape index (κ2) is 9.82. The van der Waals surface area contributed by atoms with E-state index in [2.05, 4.69) is 5.37 Å².